The number of pyridine rings is 1. The Hall–Kier alpha value is -3.64. The lowest BCUT2D eigenvalue weighted by Crippen LogP contribution is -2.19. The van der Waals surface area contributed by atoms with Crippen LogP contribution in [0.15, 0.2) is 69.2 Å². The Balaban J connectivity index is 1.80. The van der Waals surface area contributed by atoms with Gasteiger partial charge in [0.25, 0.3) is 5.56 Å². The van der Waals surface area contributed by atoms with E-state index in [1.54, 1.807) is 43.3 Å². The summed E-state index contributed by atoms with van der Waals surface area (Å²) in [7, 11) is 0. The Bertz CT molecular complexity index is 1650. The summed E-state index contributed by atoms with van der Waals surface area (Å²) < 4.78 is 52.0. The highest BCUT2D eigenvalue weighted by molar-refractivity contribution is 7.80. The van der Waals surface area contributed by atoms with E-state index in [0.717, 1.165) is 6.07 Å². The second-order valence-electron chi connectivity index (χ2n) is 7.63. The number of aromatic nitrogens is 1. The molecule has 2 atom stereocenters. The fraction of sp³-hybridized carbons (Fsp3) is 0.0833. The maximum absolute atomic E-state index is 13.6. The molecule has 0 fully saturated rings. The number of ketones is 1. The summed E-state index contributed by atoms with van der Waals surface area (Å²) >= 11 is -5.38. The van der Waals surface area contributed by atoms with Gasteiger partial charge in [-0.05, 0) is 65.0 Å². The Labute approximate surface area is 203 Å². The van der Waals surface area contributed by atoms with Crippen molar-refractivity contribution in [1.29, 1.82) is 0 Å². The molecule has 2 unspecified atom stereocenters. The van der Waals surface area contributed by atoms with Gasteiger partial charge in [0.05, 0.1) is 29.1 Å². The third kappa shape index (κ3) is 3.78. The highest BCUT2D eigenvalue weighted by Gasteiger charge is 2.31. The molecule has 0 bridgehead atoms. The maximum Gasteiger partial charge on any atom is 0.291 e. The number of fused-ring (bicyclic) bond motifs is 2. The smallest absolute Gasteiger partial charge is 0.291 e. The van der Waals surface area contributed by atoms with Crippen LogP contribution in [-0.2, 0) is 22.2 Å². The predicted octanol–water partition coefficient (Wildman–Crippen LogP) is 3.36. The third-order valence-electron chi connectivity index (χ3n) is 5.69. The van der Waals surface area contributed by atoms with Crippen molar-refractivity contribution in [3.63, 3.8) is 0 Å². The average Bonchev–Trinajstić information content (AvgIpc) is 2.84. The second kappa shape index (κ2) is 8.86. The summed E-state index contributed by atoms with van der Waals surface area (Å²) in [6, 6.07) is 13.6. The minimum Gasteiger partial charge on any atom is -0.768 e. The first-order valence-electron chi connectivity index (χ1n) is 10.4. The Morgan fingerprint density at radius 2 is 1.63 bits per heavy atom. The van der Waals surface area contributed by atoms with Gasteiger partial charge in [0.2, 0.25) is 0 Å². The molecule has 0 spiro atoms. The van der Waals surface area contributed by atoms with Crippen molar-refractivity contribution in [3.05, 3.63) is 76.1 Å². The first-order valence-corrected chi connectivity index (χ1v) is 12.6. The van der Waals surface area contributed by atoms with Crippen LogP contribution in [0.2, 0.25) is 0 Å². The molecular formula is C24H16N2O7S2-2. The van der Waals surface area contributed by atoms with E-state index in [1.807, 2.05) is 0 Å². The molecule has 4 aromatic rings. The number of nitrogens with one attached hydrogen (secondary N) is 2. The first-order chi connectivity index (χ1) is 16.8. The molecule has 1 aliphatic carbocycles. The van der Waals surface area contributed by atoms with Gasteiger partial charge in [-0.3, -0.25) is 18.0 Å². The molecule has 1 heterocycles. The summed E-state index contributed by atoms with van der Waals surface area (Å²) in [5, 5.41) is 3.43. The number of carbonyl (C=O) groups excluding carboxylic acids is 1. The van der Waals surface area contributed by atoms with E-state index in [-0.39, 0.29) is 44.9 Å². The summed E-state index contributed by atoms with van der Waals surface area (Å²) in [5.74, 6) is -0.236. The van der Waals surface area contributed by atoms with Gasteiger partial charge in [-0.1, -0.05) is 24.3 Å². The lowest BCUT2D eigenvalue weighted by Gasteiger charge is -2.24. The molecule has 0 aliphatic heterocycles. The normalized spacial score (nSPS) is 13.9. The van der Waals surface area contributed by atoms with Crippen LogP contribution in [0.4, 0.5) is 11.4 Å². The average molecular weight is 509 g/mol. The van der Waals surface area contributed by atoms with E-state index in [2.05, 4.69) is 10.3 Å². The van der Waals surface area contributed by atoms with E-state index >= 15 is 0 Å². The van der Waals surface area contributed by atoms with Crippen molar-refractivity contribution in [2.24, 2.45) is 0 Å². The Kier molecular flexibility index (Phi) is 5.85. The first kappa shape index (κ1) is 23.1. The molecule has 35 heavy (non-hydrogen) atoms. The molecule has 178 valence electrons. The molecule has 2 N–H and O–H groups in total. The zero-order chi connectivity index (χ0) is 24.9. The van der Waals surface area contributed by atoms with Gasteiger partial charge >= 0.3 is 0 Å². The number of anilines is 2. The van der Waals surface area contributed by atoms with Crippen molar-refractivity contribution >= 4 is 50.2 Å². The molecule has 1 aromatic heterocycles. The van der Waals surface area contributed by atoms with Crippen LogP contribution in [0.5, 0.6) is 5.75 Å². The molecule has 9 nitrogen and oxygen atoms in total. The Morgan fingerprint density at radius 1 is 0.914 bits per heavy atom. The summed E-state index contributed by atoms with van der Waals surface area (Å²) in [6.07, 6.45) is 0. The van der Waals surface area contributed by atoms with Crippen LogP contribution in [0.3, 0.4) is 0 Å². The lowest BCUT2D eigenvalue weighted by atomic mass is 9.83. The van der Waals surface area contributed by atoms with Gasteiger partial charge in [-0.2, -0.15) is 0 Å². The van der Waals surface area contributed by atoms with Gasteiger partial charge < -0.3 is 24.1 Å². The minimum atomic E-state index is -2.76. The second-order valence-corrected chi connectivity index (χ2v) is 9.48. The van der Waals surface area contributed by atoms with Gasteiger partial charge in [-0.15, -0.1) is 0 Å². The molecule has 11 heteroatoms. The number of rotatable bonds is 6. The number of aromatic amines is 1. The fourth-order valence-electron chi connectivity index (χ4n) is 4.28. The fourth-order valence-corrected chi connectivity index (χ4v) is 5.27. The SMILES string of the molecule is CCOc1c2c3c(c(Nc4ccc(S(=O)[O-])cc4S(=O)[O-])ccc3[nH]c1=O)C(=O)c1ccccc1-2. The molecule has 3 aromatic carbocycles. The molecule has 5 rings (SSSR count). The van der Waals surface area contributed by atoms with Gasteiger partial charge in [0.1, 0.15) is 0 Å². The van der Waals surface area contributed by atoms with Crippen molar-refractivity contribution in [1.82, 2.24) is 4.98 Å². The van der Waals surface area contributed by atoms with Gasteiger partial charge in [-0.25, -0.2) is 0 Å². The molecule has 0 amide bonds. The maximum atomic E-state index is 13.6. The summed E-state index contributed by atoms with van der Waals surface area (Å²) in [5.41, 5.74) is 1.99. The Morgan fingerprint density at radius 3 is 2.31 bits per heavy atom. The van der Waals surface area contributed by atoms with E-state index in [0.29, 0.717) is 27.6 Å². The van der Waals surface area contributed by atoms with E-state index in [4.69, 9.17) is 4.74 Å². The standard InChI is InChI=1S/C24H18N2O7S2/c1-2-33-23-19-13-5-3-4-6-14(13)22(27)21-17(10-9-16(20(19)21)26-24(23)28)25-15-8-7-12(34(29)30)11-18(15)35(31)32/h3-11,25H,2H2,1H3,(H,26,28)(H,29,30)(H,31,32)/p-2. The molecule has 0 saturated carbocycles. The number of benzene rings is 3. The largest absolute Gasteiger partial charge is 0.768 e. The molecule has 0 saturated heterocycles. The number of hydrogen-bond acceptors (Lipinski definition) is 8. The van der Waals surface area contributed by atoms with Crippen molar-refractivity contribution in [3.8, 4) is 16.9 Å². The van der Waals surface area contributed by atoms with Crippen LogP contribution in [-0.4, -0.2) is 34.9 Å². The van der Waals surface area contributed by atoms with Crippen LogP contribution in [0.25, 0.3) is 22.0 Å². The van der Waals surface area contributed by atoms with E-state index in [1.165, 1.54) is 12.1 Å². The highest BCUT2D eigenvalue weighted by atomic mass is 32.2. The van der Waals surface area contributed by atoms with E-state index < -0.39 is 27.7 Å². The molecule has 0 radical (unpaired) electrons. The van der Waals surface area contributed by atoms with Crippen LogP contribution in [0.1, 0.15) is 22.8 Å². The molecule has 1 aliphatic rings. The van der Waals surface area contributed by atoms with E-state index in [9.17, 15) is 27.1 Å². The zero-order valence-corrected chi connectivity index (χ0v) is 19.7. The topological polar surface area (TPSA) is 151 Å². The van der Waals surface area contributed by atoms with Crippen LogP contribution in [0, 0.1) is 0 Å². The van der Waals surface area contributed by atoms with Gasteiger partial charge in [0.15, 0.2) is 11.5 Å². The number of ether oxygens (including phenoxy) is 1. The summed E-state index contributed by atoms with van der Waals surface area (Å²) in [6.45, 7) is 1.98. The third-order valence-corrected chi connectivity index (χ3v) is 7.02. The number of H-pyrrole nitrogens is 1. The highest BCUT2D eigenvalue weighted by Crippen LogP contribution is 2.45. The minimum absolute atomic E-state index is 0.0852. The quantitative estimate of drug-likeness (QED) is 0.331. The number of carbonyl (C=O) groups is 1. The number of hydrogen-bond donors (Lipinski definition) is 2. The van der Waals surface area contributed by atoms with Gasteiger partial charge in [0, 0.05) is 26.3 Å². The molecular weight excluding hydrogens is 492 g/mol. The van der Waals surface area contributed by atoms with Crippen molar-refractivity contribution in [2.45, 2.75) is 16.7 Å². The van der Waals surface area contributed by atoms with Crippen LogP contribution >= 0.6 is 0 Å². The van der Waals surface area contributed by atoms with Crippen LogP contribution < -0.4 is 15.6 Å². The predicted molar refractivity (Wildman–Crippen MR) is 129 cm³/mol. The summed E-state index contributed by atoms with van der Waals surface area (Å²) in [4.78, 5) is 28.7. The zero-order valence-electron chi connectivity index (χ0n) is 18.1. The lowest BCUT2D eigenvalue weighted by molar-refractivity contribution is 0.104. The monoisotopic (exact) mass is 508 g/mol. The van der Waals surface area contributed by atoms with Crippen molar-refractivity contribution < 1.29 is 27.1 Å². The van der Waals surface area contributed by atoms with Crippen molar-refractivity contribution in [2.75, 3.05) is 11.9 Å².